The lowest BCUT2D eigenvalue weighted by molar-refractivity contribution is 0.748. The minimum Gasteiger partial charge on any atom is -0.310 e. The lowest BCUT2D eigenvalue weighted by atomic mass is 9.65. The third-order valence-corrected chi connectivity index (χ3v) is 15.6. The summed E-state index contributed by atoms with van der Waals surface area (Å²) in [6, 6.07) is 95.7. The highest BCUT2D eigenvalue weighted by Gasteiger charge is 2.52. The fourth-order valence-electron chi connectivity index (χ4n) is 13.1. The SMILES string of the molecule is c1ccc(C2(c3ccccc3)c3ccccc3-c3ccc(N(c4ccc5ccccc5c4)c4cccc5c4-c4ccccc4C54c5ccccc5-n5c6ccccc6c6cccc4c65)cc32)cc1. The average Bonchev–Trinajstić information content (AvgIpc) is 4.02. The maximum Gasteiger partial charge on any atom is 0.0755 e. The van der Waals surface area contributed by atoms with Crippen LogP contribution in [0.3, 0.4) is 0 Å². The molecule has 68 heavy (non-hydrogen) atoms. The topological polar surface area (TPSA) is 8.17 Å². The molecule has 1 spiro atoms. The Morgan fingerprint density at radius 2 is 0.882 bits per heavy atom. The molecule has 0 amide bonds. The molecule has 2 aliphatic carbocycles. The molecule has 0 saturated carbocycles. The van der Waals surface area contributed by atoms with Gasteiger partial charge in [0.25, 0.3) is 0 Å². The van der Waals surface area contributed by atoms with E-state index < -0.39 is 10.8 Å². The van der Waals surface area contributed by atoms with Crippen LogP contribution < -0.4 is 4.90 Å². The third kappa shape index (κ3) is 4.71. The zero-order valence-electron chi connectivity index (χ0n) is 37.1. The van der Waals surface area contributed by atoms with Gasteiger partial charge in [-0.15, -0.1) is 0 Å². The van der Waals surface area contributed by atoms with Gasteiger partial charge in [0.15, 0.2) is 0 Å². The summed E-state index contributed by atoms with van der Waals surface area (Å²) in [5.74, 6) is 0. The number of rotatable bonds is 5. The molecule has 0 fully saturated rings. The normalized spacial score (nSPS) is 15.5. The Bertz CT molecular complexity index is 4010. The monoisotopic (exact) mass is 862 g/mol. The van der Waals surface area contributed by atoms with Gasteiger partial charge in [0, 0.05) is 27.7 Å². The van der Waals surface area contributed by atoms with Crippen LogP contribution in [-0.4, -0.2) is 4.57 Å². The fourth-order valence-corrected chi connectivity index (χ4v) is 13.1. The zero-order chi connectivity index (χ0) is 44.6. The van der Waals surface area contributed by atoms with Crippen LogP contribution in [0.2, 0.25) is 0 Å². The molecule has 0 N–H and O–H groups in total. The smallest absolute Gasteiger partial charge is 0.0755 e. The number of hydrogen-bond acceptors (Lipinski definition) is 1. The van der Waals surface area contributed by atoms with Crippen molar-refractivity contribution in [2.75, 3.05) is 4.90 Å². The minimum atomic E-state index is -0.577. The van der Waals surface area contributed by atoms with Crippen LogP contribution in [0.15, 0.2) is 255 Å². The lowest BCUT2D eigenvalue weighted by Gasteiger charge is -2.39. The number of aromatic nitrogens is 1. The summed E-state index contributed by atoms with van der Waals surface area (Å²) in [6.45, 7) is 0. The average molecular weight is 863 g/mol. The van der Waals surface area contributed by atoms with Crippen molar-refractivity contribution in [2.24, 2.45) is 0 Å². The Labute approximate surface area is 395 Å². The van der Waals surface area contributed by atoms with Crippen molar-refractivity contribution in [3.63, 3.8) is 0 Å². The van der Waals surface area contributed by atoms with Crippen LogP contribution in [0.4, 0.5) is 17.1 Å². The Morgan fingerprint density at radius 3 is 1.69 bits per heavy atom. The van der Waals surface area contributed by atoms with Crippen LogP contribution in [0.1, 0.15) is 44.5 Å². The third-order valence-electron chi connectivity index (χ3n) is 15.6. The lowest BCUT2D eigenvalue weighted by Crippen LogP contribution is -2.33. The number of fused-ring (bicyclic) bond motifs is 16. The van der Waals surface area contributed by atoms with E-state index in [0.717, 1.165) is 17.1 Å². The molecule has 0 saturated heterocycles. The van der Waals surface area contributed by atoms with Gasteiger partial charge in [-0.3, -0.25) is 0 Å². The van der Waals surface area contributed by atoms with Crippen LogP contribution in [0.25, 0.3) is 60.5 Å². The zero-order valence-corrected chi connectivity index (χ0v) is 37.1. The standard InChI is InChI=1S/C66H42N2/c1-3-21-45(22-4-1)65(46-23-5-2-6-24-46)54-29-12-9-25-49(54)50-40-39-48(42-59(50)65)67(47-38-37-43-19-7-8-20-44(43)41-47)62-36-18-32-57-63(62)53-27-10-13-30-55(53)66(57)56-31-14-16-35-61(56)68-60-34-15-11-26-51(60)52-28-17-33-58(66)64(52)68/h1-42H. The first kappa shape index (κ1) is 37.5. The molecule has 1 atom stereocenters. The molecule has 11 aromatic carbocycles. The number of benzene rings is 11. The van der Waals surface area contributed by atoms with Crippen LogP contribution in [0, 0.1) is 0 Å². The highest BCUT2D eigenvalue weighted by molar-refractivity contribution is 6.13. The van der Waals surface area contributed by atoms with E-state index in [-0.39, 0.29) is 0 Å². The number of anilines is 3. The maximum absolute atomic E-state index is 2.55. The van der Waals surface area contributed by atoms with Gasteiger partial charge in [0.2, 0.25) is 0 Å². The van der Waals surface area contributed by atoms with Crippen molar-refractivity contribution < 1.29 is 0 Å². The molecule has 3 aliphatic rings. The van der Waals surface area contributed by atoms with Gasteiger partial charge in [-0.2, -0.15) is 0 Å². The van der Waals surface area contributed by atoms with Crippen LogP contribution in [0.5, 0.6) is 0 Å². The van der Waals surface area contributed by atoms with E-state index in [4.69, 9.17) is 0 Å². The fraction of sp³-hybridized carbons (Fsp3) is 0.0303. The van der Waals surface area contributed by atoms with Gasteiger partial charge < -0.3 is 9.47 Å². The van der Waals surface area contributed by atoms with E-state index in [1.165, 1.54) is 105 Å². The molecule has 1 aromatic heterocycles. The van der Waals surface area contributed by atoms with E-state index in [2.05, 4.69) is 264 Å². The molecule has 1 aliphatic heterocycles. The summed E-state index contributed by atoms with van der Waals surface area (Å²) < 4.78 is 2.53. The number of para-hydroxylation sites is 3. The summed E-state index contributed by atoms with van der Waals surface area (Å²) in [6.07, 6.45) is 0. The minimum absolute atomic E-state index is 0.544. The van der Waals surface area contributed by atoms with Crippen LogP contribution in [-0.2, 0) is 10.8 Å². The molecule has 1 unspecified atom stereocenters. The Kier molecular flexibility index (Phi) is 7.67. The number of nitrogens with zero attached hydrogens (tertiary/aromatic N) is 2. The van der Waals surface area contributed by atoms with Gasteiger partial charge in [-0.1, -0.05) is 212 Å². The number of hydrogen-bond donors (Lipinski definition) is 0. The summed E-state index contributed by atoms with van der Waals surface area (Å²) >= 11 is 0. The molecular weight excluding hydrogens is 821 g/mol. The van der Waals surface area contributed by atoms with Crippen molar-refractivity contribution in [1.29, 1.82) is 0 Å². The van der Waals surface area contributed by atoms with E-state index in [1.54, 1.807) is 0 Å². The van der Waals surface area contributed by atoms with Crippen molar-refractivity contribution in [2.45, 2.75) is 10.8 Å². The molecule has 0 bridgehead atoms. The first-order chi connectivity index (χ1) is 33.8. The van der Waals surface area contributed by atoms with E-state index in [0.29, 0.717) is 0 Å². The summed E-state index contributed by atoms with van der Waals surface area (Å²) in [5.41, 5.74) is 21.4. The maximum atomic E-state index is 2.55. The predicted molar refractivity (Wildman–Crippen MR) is 281 cm³/mol. The highest BCUT2D eigenvalue weighted by atomic mass is 15.1. The van der Waals surface area contributed by atoms with E-state index in [9.17, 15) is 0 Å². The Balaban J connectivity index is 1.05. The van der Waals surface area contributed by atoms with E-state index >= 15 is 0 Å². The molecule has 0 radical (unpaired) electrons. The van der Waals surface area contributed by atoms with Gasteiger partial charge in [-0.05, 0) is 114 Å². The quantitative estimate of drug-likeness (QED) is 0.167. The molecule has 2 heterocycles. The highest BCUT2D eigenvalue weighted by Crippen LogP contribution is 2.64. The molecule has 2 nitrogen and oxygen atoms in total. The van der Waals surface area contributed by atoms with Crippen molar-refractivity contribution in [3.05, 3.63) is 299 Å². The van der Waals surface area contributed by atoms with Crippen LogP contribution >= 0.6 is 0 Å². The van der Waals surface area contributed by atoms with E-state index in [1.807, 2.05) is 0 Å². The second-order valence-electron chi connectivity index (χ2n) is 18.7. The second-order valence-corrected chi connectivity index (χ2v) is 18.7. The van der Waals surface area contributed by atoms with Crippen molar-refractivity contribution >= 4 is 49.6 Å². The van der Waals surface area contributed by atoms with Gasteiger partial charge in [0.1, 0.15) is 0 Å². The molecule has 15 rings (SSSR count). The first-order valence-corrected chi connectivity index (χ1v) is 23.8. The summed E-state index contributed by atoms with van der Waals surface area (Å²) in [4.78, 5) is 2.55. The van der Waals surface area contributed by atoms with Gasteiger partial charge in [-0.25, -0.2) is 0 Å². The van der Waals surface area contributed by atoms with Crippen molar-refractivity contribution in [3.8, 4) is 27.9 Å². The Hall–Kier alpha value is -8.72. The molecule has 2 heteroatoms. The van der Waals surface area contributed by atoms with Gasteiger partial charge in [0.05, 0.1) is 33.2 Å². The molecule has 12 aromatic rings. The molecule has 316 valence electrons. The summed E-state index contributed by atoms with van der Waals surface area (Å²) in [7, 11) is 0. The largest absolute Gasteiger partial charge is 0.310 e. The van der Waals surface area contributed by atoms with Crippen molar-refractivity contribution in [1.82, 2.24) is 4.57 Å². The second kappa shape index (κ2) is 13.9. The molecular formula is C66H42N2. The predicted octanol–water partition coefficient (Wildman–Crippen LogP) is 16.4. The Morgan fingerprint density at radius 1 is 0.324 bits per heavy atom. The first-order valence-electron chi connectivity index (χ1n) is 23.8. The van der Waals surface area contributed by atoms with Gasteiger partial charge >= 0.3 is 0 Å². The summed E-state index contributed by atoms with van der Waals surface area (Å²) in [5, 5.41) is 4.99.